The van der Waals surface area contributed by atoms with E-state index in [-0.39, 0.29) is 56.4 Å². The van der Waals surface area contributed by atoms with Gasteiger partial charge in [0.25, 0.3) is 30.4 Å². The van der Waals surface area contributed by atoms with Gasteiger partial charge in [-0.25, -0.2) is 20.5 Å². The summed E-state index contributed by atoms with van der Waals surface area (Å²) in [5.74, 6) is -2.06. The minimum atomic E-state index is -5.30. The second kappa shape index (κ2) is 22.1. The highest BCUT2D eigenvalue weighted by atomic mass is 32.2. The highest BCUT2D eigenvalue weighted by Gasteiger charge is 2.27. The first-order valence-electron chi connectivity index (χ1n) is 19.6. The number of anilines is 1. The van der Waals surface area contributed by atoms with Gasteiger partial charge < -0.3 is 15.5 Å². The number of pyridine rings is 1. The van der Waals surface area contributed by atoms with E-state index < -0.39 is 85.0 Å². The fourth-order valence-corrected chi connectivity index (χ4v) is 9.96. The molecule has 5 aromatic carbocycles. The SMILES string of the molecule is CC(=O)Nc1cc(N=Nc2c(SOOO)cc3c(S(=O)(=O)O)c(N=Nc4c(C)c(C#N)c5nc6ccccc6n5c4O)ccc3c2O)c(S(=O)(=O)O)cc1N=Nc1nc2ccc(SOOO)cc2s1.CS(=O)(=O)O. The van der Waals surface area contributed by atoms with Crippen LogP contribution in [0.3, 0.4) is 0 Å². The lowest BCUT2D eigenvalue weighted by molar-refractivity contribution is -0.432. The third kappa shape index (κ3) is 12.2. The van der Waals surface area contributed by atoms with Crippen LogP contribution in [0.1, 0.15) is 18.1 Å². The molecule has 8 rings (SSSR count). The Morgan fingerprint density at radius 2 is 1.43 bits per heavy atom. The third-order valence-electron chi connectivity index (χ3n) is 9.56. The van der Waals surface area contributed by atoms with Crippen LogP contribution in [0.25, 0.3) is 37.7 Å². The van der Waals surface area contributed by atoms with Gasteiger partial charge in [0.05, 0.1) is 62.2 Å². The standard InChI is InChI=1S/C38H25N11O15S5.CH4O3S/c1-16-21(15-39)36-41-22-5-3-4-6-28(22)49(36)37(52)32(16)46-43-24-10-8-19-20(35(24)69(58,59)60)12-30(67-64-62-54)33(34(19)51)47-45-27-13-25(40-17(2)50)26(14-31(27)68(55,56)57)44-48-38-42-23-9-7-18(66-63-61-53)11-29(23)65-38;1-5(2,3)4/h3-14,51-54H,1-2H3,(H,40,50)(H,55,56,57)(H,58,59,60);1H3,(H,2,3,4). The van der Waals surface area contributed by atoms with Gasteiger partial charge in [0.2, 0.25) is 16.9 Å². The number of benzene rings is 5. The van der Waals surface area contributed by atoms with E-state index in [0.29, 0.717) is 44.4 Å². The van der Waals surface area contributed by atoms with E-state index in [1.807, 2.05) is 6.07 Å². The maximum atomic E-state index is 13.1. The molecule has 8 aromatic rings. The number of para-hydroxylation sites is 2. The van der Waals surface area contributed by atoms with Gasteiger partial charge in [0.1, 0.15) is 44.2 Å². The molecule has 0 aliphatic carbocycles. The van der Waals surface area contributed by atoms with Crippen LogP contribution in [0.5, 0.6) is 11.6 Å². The molecule has 0 spiro atoms. The molecule has 29 nitrogen and oxygen atoms in total. The maximum Gasteiger partial charge on any atom is 0.297 e. The number of aromatic nitrogens is 3. The predicted molar refractivity (Wildman–Crippen MR) is 261 cm³/mol. The summed E-state index contributed by atoms with van der Waals surface area (Å²) < 4.78 is 109. The van der Waals surface area contributed by atoms with E-state index in [4.69, 9.17) is 15.1 Å². The second-order valence-corrected chi connectivity index (χ2v) is 21.2. The summed E-state index contributed by atoms with van der Waals surface area (Å²) in [4.78, 5) is 19.3. The Morgan fingerprint density at radius 3 is 2.09 bits per heavy atom. The molecule has 0 saturated heterocycles. The number of carbonyl (C=O) groups excluding carboxylic acids is 1. The third-order valence-corrected chi connectivity index (χ3v) is 13.5. The number of amides is 1. The molecule has 0 radical (unpaired) electrons. The van der Waals surface area contributed by atoms with Gasteiger partial charge in [-0.1, -0.05) is 33.5 Å². The van der Waals surface area contributed by atoms with E-state index in [2.05, 4.69) is 64.7 Å². The number of aromatic hydroxyl groups is 2. The lowest BCUT2D eigenvalue weighted by Gasteiger charge is -2.13. The molecule has 3 aromatic heterocycles. The number of hydrogen-bond donors (Lipinski definition) is 8. The quantitative estimate of drug-likeness (QED) is 0.0155. The maximum absolute atomic E-state index is 13.1. The normalized spacial score (nSPS) is 12.4. The van der Waals surface area contributed by atoms with Crippen molar-refractivity contribution in [3.8, 4) is 17.7 Å². The van der Waals surface area contributed by atoms with Crippen LogP contribution in [0.4, 0.5) is 39.3 Å². The molecular weight excluding hydrogens is 1100 g/mol. The monoisotopic (exact) mass is 1130 g/mol. The molecule has 0 saturated carbocycles. The van der Waals surface area contributed by atoms with Gasteiger partial charge in [0.15, 0.2) is 17.1 Å². The number of phenolic OH excluding ortho intramolecular Hbond substituents is 1. The Balaban J connectivity index is 0.00000153. The molecule has 0 fully saturated rings. The summed E-state index contributed by atoms with van der Waals surface area (Å²) >= 11 is 1.87. The van der Waals surface area contributed by atoms with Crippen LogP contribution in [0.2, 0.25) is 0 Å². The first-order chi connectivity index (χ1) is 34.9. The van der Waals surface area contributed by atoms with Gasteiger partial charge in [-0.15, -0.1) is 39.4 Å². The fraction of sp³-hybridized carbons (Fsp3) is 0.0769. The zero-order chi connectivity index (χ0) is 53.9. The van der Waals surface area contributed by atoms with Crippen LogP contribution in [0.15, 0.2) is 123 Å². The summed E-state index contributed by atoms with van der Waals surface area (Å²) in [6.07, 6.45) is 0.715. The minimum Gasteiger partial charge on any atom is -0.505 e. The Labute approximate surface area is 426 Å². The number of nitrogens with one attached hydrogen (secondary N) is 1. The average molecular weight is 1130 g/mol. The van der Waals surface area contributed by atoms with Crippen molar-refractivity contribution in [1.82, 2.24) is 14.4 Å². The van der Waals surface area contributed by atoms with E-state index in [0.717, 1.165) is 48.6 Å². The largest absolute Gasteiger partial charge is 0.505 e. The predicted octanol–water partition coefficient (Wildman–Crippen LogP) is 9.90. The van der Waals surface area contributed by atoms with Crippen molar-refractivity contribution in [2.24, 2.45) is 30.7 Å². The Morgan fingerprint density at radius 1 is 0.770 bits per heavy atom. The number of rotatable bonds is 15. The molecular formula is C39H29N11O18S6. The molecule has 3 heterocycles. The van der Waals surface area contributed by atoms with E-state index >= 15 is 0 Å². The van der Waals surface area contributed by atoms with Gasteiger partial charge in [-0.2, -0.15) is 30.5 Å². The zero-order valence-electron chi connectivity index (χ0n) is 37.0. The van der Waals surface area contributed by atoms with Gasteiger partial charge in [-0.05, 0) is 67.6 Å². The second-order valence-electron chi connectivity index (χ2n) is 14.5. The fourth-order valence-electron chi connectivity index (χ4n) is 6.73. The van der Waals surface area contributed by atoms with Crippen molar-refractivity contribution >= 4 is 149 Å². The molecule has 1 amide bonds. The molecule has 0 atom stereocenters. The number of imidazole rings is 1. The van der Waals surface area contributed by atoms with Crippen molar-refractivity contribution < 1.29 is 83.2 Å². The first kappa shape index (κ1) is 54.5. The number of hydrogen-bond acceptors (Lipinski definition) is 27. The summed E-state index contributed by atoms with van der Waals surface area (Å²) in [6, 6.07) is 18.4. The van der Waals surface area contributed by atoms with Crippen LogP contribution in [-0.4, -0.2) is 86.2 Å². The zero-order valence-corrected chi connectivity index (χ0v) is 41.9. The molecule has 74 heavy (non-hydrogen) atoms. The number of nitriles is 1. The summed E-state index contributed by atoms with van der Waals surface area (Å²) in [5.41, 5.74) is -0.988. The Hall–Kier alpha value is -7.25. The average Bonchev–Trinajstić information content (AvgIpc) is 3.92. The van der Waals surface area contributed by atoms with E-state index in [1.54, 1.807) is 42.5 Å². The van der Waals surface area contributed by atoms with Crippen molar-refractivity contribution in [2.75, 3.05) is 11.6 Å². The van der Waals surface area contributed by atoms with Crippen molar-refractivity contribution in [2.45, 2.75) is 33.4 Å². The van der Waals surface area contributed by atoms with Crippen LogP contribution in [0, 0.1) is 18.3 Å². The topological polar surface area (TPSA) is 438 Å². The van der Waals surface area contributed by atoms with Crippen LogP contribution >= 0.6 is 35.4 Å². The number of carbonyl (C=O) groups is 1. The van der Waals surface area contributed by atoms with Gasteiger partial charge >= 0.3 is 0 Å². The van der Waals surface area contributed by atoms with Crippen LogP contribution in [-0.2, 0) is 53.9 Å². The number of fused-ring (bicyclic) bond motifs is 5. The lowest BCUT2D eigenvalue weighted by atomic mass is 10.1. The van der Waals surface area contributed by atoms with Gasteiger partial charge in [0, 0.05) is 28.2 Å². The molecule has 0 aliphatic rings. The lowest BCUT2D eigenvalue weighted by Crippen LogP contribution is -2.07. The molecule has 384 valence electrons. The number of phenols is 1. The summed E-state index contributed by atoms with van der Waals surface area (Å²) in [5, 5.41) is 83.6. The highest BCUT2D eigenvalue weighted by molar-refractivity contribution is 7.95. The molecule has 35 heteroatoms. The van der Waals surface area contributed by atoms with Crippen LogP contribution < -0.4 is 5.32 Å². The first-order valence-corrected chi connectivity index (χ1v) is 26.6. The molecule has 0 unspecified atom stereocenters. The smallest absolute Gasteiger partial charge is 0.297 e. The number of azo groups is 3. The Kier molecular flexibility index (Phi) is 16.3. The molecule has 0 bridgehead atoms. The van der Waals surface area contributed by atoms with Crippen molar-refractivity contribution in [3.63, 3.8) is 0 Å². The summed E-state index contributed by atoms with van der Waals surface area (Å²) in [7, 11) is -14.2. The van der Waals surface area contributed by atoms with E-state index in [9.17, 15) is 54.6 Å². The number of thiazole rings is 1. The summed E-state index contributed by atoms with van der Waals surface area (Å²) in [6.45, 7) is 2.57. The highest BCUT2D eigenvalue weighted by Crippen LogP contribution is 2.49. The molecule has 8 N–H and O–H groups in total. The van der Waals surface area contributed by atoms with Crippen molar-refractivity contribution in [1.29, 1.82) is 5.26 Å². The van der Waals surface area contributed by atoms with E-state index in [1.165, 1.54) is 11.3 Å². The van der Waals surface area contributed by atoms with Gasteiger partial charge in [-0.3, -0.25) is 22.9 Å². The van der Waals surface area contributed by atoms with Crippen molar-refractivity contribution in [3.05, 3.63) is 83.9 Å². The molecule has 0 aliphatic heterocycles. The minimum absolute atomic E-state index is 0.0154. The number of nitrogens with zero attached hydrogens (tertiary/aromatic N) is 10. The Bertz CT molecular complexity index is 4060.